The second-order valence-corrected chi connectivity index (χ2v) is 9.49. The van der Waals surface area contributed by atoms with E-state index in [1.807, 2.05) is 36.7 Å². The lowest BCUT2D eigenvalue weighted by Gasteiger charge is -2.14. The van der Waals surface area contributed by atoms with Gasteiger partial charge < -0.3 is 16.0 Å². The highest BCUT2D eigenvalue weighted by atomic mass is 32.1. The zero-order valence-corrected chi connectivity index (χ0v) is 19.4. The highest BCUT2D eigenvalue weighted by Gasteiger charge is 2.10. The number of aromatic nitrogens is 3. The molecular weight excluding hydrogens is 428 g/mol. The molecule has 0 saturated carbocycles. The number of nitrogens with two attached hydrogens (primary N) is 1. The van der Waals surface area contributed by atoms with Gasteiger partial charge in [0, 0.05) is 23.6 Å². The van der Waals surface area contributed by atoms with Gasteiger partial charge in [-0.25, -0.2) is 15.0 Å². The summed E-state index contributed by atoms with van der Waals surface area (Å²) >= 11 is 1.50. The van der Waals surface area contributed by atoms with Crippen LogP contribution in [0.1, 0.15) is 36.0 Å². The first-order valence-corrected chi connectivity index (χ1v) is 12.3. The summed E-state index contributed by atoms with van der Waals surface area (Å²) in [6.07, 6.45) is 12.8. The molecule has 7 heteroatoms. The smallest absolute Gasteiger partial charge is 0.227 e. The van der Waals surface area contributed by atoms with Crippen LogP contribution in [-0.2, 0) is 6.42 Å². The Morgan fingerprint density at radius 1 is 0.970 bits per heavy atom. The van der Waals surface area contributed by atoms with Crippen molar-refractivity contribution in [2.24, 2.45) is 0 Å². The molecule has 5 rings (SSSR count). The zero-order valence-electron chi connectivity index (χ0n) is 18.6. The van der Waals surface area contributed by atoms with Crippen LogP contribution in [0.3, 0.4) is 0 Å². The molecule has 0 spiro atoms. The summed E-state index contributed by atoms with van der Waals surface area (Å²) in [4.78, 5) is 15.8. The summed E-state index contributed by atoms with van der Waals surface area (Å²) in [5.74, 6) is 0.593. The van der Waals surface area contributed by atoms with Gasteiger partial charge in [0.25, 0.3) is 0 Å². The van der Waals surface area contributed by atoms with Crippen LogP contribution in [0.15, 0.2) is 54.9 Å². The molecule has 33 heavy (non-hydrogen) atoms. The summed E-state index contributed by atoms with van der Waals surface area (Å²) in [6, 6.07) is 14.7. The van der Waals surface area contributed by atoms with Gasteiger partial charge in [-0.2, -0.15) is 0 Å². The first-order valence-electron chi connectivity index (χ1n) is 11.5. The Hall–Kier alpha value is -3.29. The number of nitrogens with one attached hydrogen (secondary N) is 1. The van der Waals surface area contributed by atoms with Gasteiger partial charge in [-0.05, 0) is 80.7 Å². The van der Waals surface area contributed by atoms with Gasteiger partial charge in [0.05, 0.1) is 10.2 Å². The minimum absolute atomic E-state index is 0.592. The van der Waals surface area contributed by atoms with Crippen molar-refractivity contribution in [1.82, 2.24) is 19.9 Å². The number of aryl methyl sites for hydroxylation is 1. The molecule has 1 aliphatic heterocycles. The van der Waals surface area contributed by atoms with E-state index >= 15 is 0 Å². The average molecular weight is 457 g/mol. The van der Waals surface area contributed by atoms with E-state index in [4.69, 9.17) is 5.73 Å². The van der Waals surface area contributed by atoms with Crippen LogP contribution >= 0.6 is 11.3 Å². The number of likely N-dealkylation sites (tertiary alicyclic amines) is 1. The minimum Gasteiger partial charge on any atom is -0.375 e. The first-order chi connectivity index (χ1) is 16.2. The van der Waals surface area contributed by atoms with Crippen LogP contribution < -0.4 is 11.1 Å². The standard InChI is InChI=1S/C26H28N6S/c27-25-31-23-12-9-20(16-24(23)33-25)5-6-21-17-28-26(29-18-21)30-22-10-7-19(8-11-22)4-3-15-32-13-1-2-14-32/h5-12,16-18H,1-4,13-15H2,(H2,27,31)(H,28,29,30)/b6-5+. The normalized spacial score (nSPS) is 14.4. The minimum atomic E-state index is 0.592. The number of hydrogen-bond acceptors (Lipinski definition) is 7. The van der Waals surface area contributed by atoms with E-state index in [9.17, 15) is 0 Å². The van der Waals surface area contributed by atoms with Crippen molar-refractivity contribution in [3.8, 4) is 0 Å². The lowest BCUT2D eigenvalue weighted by atomic mass is 10.1. The molecule has 0 atom stereocenters. The average Bonchev–Trinajstić information content (AvgIpc) is 3.48. The Morgan fingerprint density at radius 3 is 2.52 bits per heavy atom. The van der Waals surface area contributed by atoms with E-state index in [1.54, 1.807) is 0 Å². The predicted molar refractivity (Wildman–Crippen MR) is 139 cm³/mol. The van der Waals surface area contributed by atoms with Crippen LogP contribution in [-0.4, -0.2) is 39.5 Å². The van der Waals surface area contributed by atoms with Crippen LogP contribution in [0, 0.1) is 0 Å². The van der Waals surface area contributed by atoms with Gasteiger partial charge in [-0.15, -0.1) is 0 Å². The lowest BCUT2D eigenvalue weighted by Crippen LogP contribution is -2.20. The zero-order chi connectivity index (χ0) is 22.5. The SMILES string of the molecule is Nc1nc2ccc(/C=C/c3cnc(Nc4ccc(CCCN5CCCC5)cc4)nc3)cc2s1. The Kier molecular flexibility index (Phi) is 6.60. The maximum atomic E-state index is 5.79. The van der Waals surface area contributed by atoms with Crippen molar-refractivity contribution in [3.05, 3.63) is 71.5 Å². The topological polar surface area (TPSA) is 80.0 Å². The number of nitrogen functional groups attached to an aromatic ring is 1. The van der Waals surface area contributed by atoms with Crippen molar-refractivity contribution < 1.29 is 0 Å². The second kappa shape index (κ2) is 10.1. The van der Waals surface area contributed by atoms with Gasteiger partial charge in [-0.1, -0.05) is 41.7 Å². The van der Waals surface area contributed by atoms with Gasteiger partial charge in [-0.3, -0.25) is 0 Å². The maximum Gasteiger partial charge on any atom is 0.227 e. The Bertz CT molecular complexity index is 1220. The van der Waals surface area contributed by atoms with Crippen molar-refractivity contribution in [3.63, 3.8) is 0 Å². The molecule has 1 fully saturated rings. The third-order valence-corrected chi connectivity index (χ3v) is 6.76. The molecule has 1 saturated heterocycles. The number of fused-ring (bicyclic) bond motifs is 1. The van der Waals surface area contributed by atoms with Crippen LogP contribution in [0.2, 0.25) is 0 Å². The molecule has 0 radical (unpaired) electrons. The van der Waals surface area contributed by atoms with E-state index in [-0.39, 0.29) is 0 Å². The molecule has 3 heterocycles. The highest BCUT2D eigenvalue weighted by molar-refractivity contribution is 7.22. The molecule has 2 aromatic heterocycles. The molecule has 0 amide bonds. The third kappa shape index (κ3) is 5.74. The lowest BCUT2D eigenvalue weighted by molar-refractivity contribution is 0.334. The summed E-state index contributed by atoms with van der Waals surface area (Å²) < 4.78 is 1.09. The summed E-state index contributed by atoms with van der Waals surface area (Å²) in [7, 11) is 0. The predicted octanol–water partition coefficient (Wildman–Crippen LogP) is 5.61. The number of nitrogens with zero attached hydrogens (tertiary/aromatic N) is 4. The van der Waals surface area contributed by atoms with Crippen molar-refractivity contribution in [2.75, 3.05) is 30.7 Å². The van der Waals surface area contributed by atoms with Gasteiger partial charge in [0.1, 0.15) is 0 Å². The molecule has 1 aliphatic rings. The maximum absolute atomic E-state index is 5.79. The fourth-order valence-electron chi connectivity index (χ4n) is 4.14. The Morgan fingerprint density at radius 2 is 1.73 bits per heavy atom. The number of anilines is 3. The fraction of sp³-hybridized carbons (Fsp3) is 0.269. The van der Waals surface area contributed by atoms with E-state index in [1.165, 1.54) is 55.8 Å². The van der Waals surface area contributed by atoms with Crippen LogP contribution in [0.5, 0.6) is 0 Å². The number of rotatable bonds is 8. The molecule has 168 valence electrons. The monoisotopic (exact) mass is 456 g/mol. The van der Waals surface area contributed by atoms with Gasteiger partial charge >= 0.3 is 0 Å². The summed E-state index contributed by atoms with van der Waals surface area (Å²) in [5.41, 5.74) is 11.1. The highest BCUT2D eigenvalue weighted by Crippen LogP contribution is 2.25. The molecule has 0 aliphatic carbocycles. The third-order valence-electron chi connectivity index (χ3n) is 5.92. The molecule has 6 nitrogen and oxygen atoms in total. The van der Waals surface area contributed by atoms with E-state index in [2.05, 4.69) is 55.5 Å². The summed E-state index contributed by atoms with van der Waals surface area (Å²) in [5, 5.41) is 3.88. The molecule has 3 N–H and O–H groups in total. The largest absolute Gasteiger partial charge is 0.375 e. The van der Waals surface area contributed by atoms with Crippen molar-refractivity contribution in [2.45, 2.75) is 25.7 Å². The molecule has 0 unspecified atom stereocenters. The number of thiazole rings is 1. The van der Waals surface area contributed by atoms with Crippen LogP contribution in [0.25, 0.3) is 22.4 Å². The molecule has 2 aromatic carbocycles. The Balaban J connectivity index is 1.14. The summed E-state index contributed by atoms with van der Waals surface area (Å²) in [6.45, 7) is 3.76. The first kappa shape index (κ1) is 21.6. The molecule has 4 aromatic rings. The van der Waals surface area contributed by atoms with E-state index in [0.29, 0.717) is 11.1 Å². The van der Waals surface area contributed by atoms with Crippen molar-refractivity contribution in [1.29, 1.82) is 0 Å². The van der Waals surface area contributed by atoms with Crippen molar-refractivity contribution >= 4 is 50.5 Å². The number of hydrogen-bond donors (Lipinski definition) is 2. The molecular formula is C26H28N6S. The van der Waals surface area contributed by atoms with E-state index in [0.717, 1.165) is 33.5 Å². The van der Waals surface area contributed by atoms with Gasteiger partial charge in [0.2, 0.25) is 5.95 Å². The van der Waals surface area contributed by atoms with Crippen LogP contribution in [0.4, 0.5) is 16.8 Å². The molecule has 0 bridgehead atoms. The fourth-order valence-corrected chi connectivity index (χ4v) is 4.92. The quantitative estimate of drug-likeness (QED) is 0.359. The number of benzene rings is 2. The van der Waals surface area contributed by atoms with Gasteiger partial charge in [0.15, 0.2) is 5.13 Å². The second-order valence-electron chi connectivity index (χ2n) is 8.43. The van der Waals surface area contributed by atoms with E-state index < -0.39 is 0 Å². The Labute approximate surface area is 198 Å².